The molecule has 1 aromatic carbocycles. The highest BCUT2D eigenvalue weighted by Crippen LogP contribution is 2.33. The van der Waals surface area contributed by atoms with Crippen LogP contribution in [-0.4, -0.2) is 32.8 Å². The Hall–Kier alpha value is -1.54. The number of fused-ring (bicyclic) bond motifs is 1. The van der Waals surface area contributed by atoms with E-state index in [-0.39, 0.29) is 23.2 Å². The Kier molecular flexibility index (Phi) is 6.16. The van der Waals surface area contributed by atoms with Crippen molar-refractivity contribution in [2.45, 2.75) is 13.5 Å². The van der Waals surface area contributed by atoms with Crippen LogP contribution in [0.3, 0.4) is 0 Å². The minimum atomic E-state index is -3.43. The number of nitrogens with one attached hydrogen (secondary N) is 2. The van der Waals surface area contributed by atoms with Crippen LogP contribution >= 0.6 is 24.0 Å². The summed E-state index contributed by atoms with van der Waals surface area (Å²) in [6, 6.07) is 5.71. The molecule has 0 radical (unpaired) electrons. The highest BCUT2D eigenvalue weighted by molar-refractivity contribution is 7.92. The van der Waals surface area contributed by atoms with Gasteiger partial charge in [-0.1, -0.05) is 11.6 Å². The number of halogens is 2. The zero-order valence-corrected chi connectivity index (χ0v) is 16.2. The zero-order valence-electron chi connectivity index (χ0n) is 13.8. The van der Waals surface area contributed by atoms with Crippen LogP contribution < -0.4 is 14.8 Å². The molecule has 2 aromatic rings. The topological polar surface area (TPSA) is 80.3 Å². The van der Waals surface area contributed by atoms with Crippen molar-refractivity contribution < 1.29 is 13.2 Å². The van der Waals surface area contributed by atoms with Gasteiger partial charge in [-0.25, -0.2) is 13.4 Å². The highest BCUT2D eigenvalue weighted by Gasteiger charge is 2.15. The molecule has 1 aliphatic rings. The predicted octanol–water partition coefficient (Wildman–Crippen LogP) is 2.99. The molecule has 0 fully saturated rings. The Bertz CT molecular complexity index is 888. The van der Waals surface area contributed by atoms with Crippen molar-refractivity contribution in [1.82, 2.24) is 10.3 Å². The molecule has 2 N–H and O–H groups in total. The number of pyridine rings is 1. The Balaban J connectivity index is 0.00000225. The largest absolute Gasteiger partial charge is 0.492 e. The molecule has 25 heavy (non-hydrogen) atoms. The number of rotatable bonds is 3. The molecule has 1 aromatic heterocycles. The monoisotopic (exact) mass is 403 g/mol. The van der Waals surface area contributed by atoms with Crippen molar-refractivity contribution in [3.63, 3.8) is 0 Å². The summed E-state index contributed by atoms with van der Waals surface area (Å²) in [6.07, 6.45) is 2.70. The fourth-order valence-electron chi connectivity index (χ4n) is 2.68. The maximum absolute atomic E-state index is 11.5. The van der Waals surface area contributed by atoms with Crippen LogP contribution in [0.4, 0.5) is 5.69 Å². The molecule has 9 heteroatoms. The van der Waals surface area contributed by atoms with Crippen molar-refractivity contribution in [3.8, 4) is 16.9 Å². The van der Waals surface area contributed by atoms with Gasteiger partial charge in [0.15, 0.2) is 5.15 Å². The minimum absolute atomic E-state index is 0. The lowest BCUT2D eigenvalue weighted by Gasteiger charge is -2.14. The van der Waals surface area contributed by atoms with Gasteiger partial charge < -0.3 is 10.1 Å². The Morgan fingerprint density at radius 2 is 2.04 bits per heavy atom. The van der Waals surface area contributed by atoms with E-state index in [1.165, 1.54) is 0 Å². The maximum atomic E-state index is 11.5. The van der Waals surface area contributed by atoms with Gasteiger partial charge in [-0.3, -0.25) is 4.72 Å². The second kappa shape index (κ2) is 7.78. The number of benzene rings is 1. The van der Waals surface area contributed by atoms with Gasteiger partial charge in [0.1, 0.15) is 12.4 Å². The molecule has 2 heterocycles. The van der Waals surface area contributed by atoms with E-state index in [9.17, 15) is 8.42 Å². The summed E-state index contributed by atoms with van der Waals surface area (Å²) in [5.41, 5.74) is 4.06. The van der Waals surface area contributed by atoms with Crippen molar-refractivity contribution in [2.75, 3.05) is 24.1 Å². The Morgan fingerprint density at radius 1 is 1.28 bits per heavy atom. The van der Waals surface area contributed by atoms with Crippen LogP contribution in [0.25, 0.3) is 11.1 Å². The van der Waals surface area contributed by atoms with Crippen LogP contribution in [0.1, 0.15) is 11.1 Å². The number of nitrogens with zero attached hydrogens (tertiary/aromatic N) is 1. The third-order valence-corrected chi connectivity index (χ3v) is 4.55. The first-order chi connectivity index (χ1) is 11.3. The van der Waals surface area contributed by atoms with E-state index in [0.717, 1.165) is 47.3 Å². The van der Waals surface area contributed by atoms with Gasteiger partial charge in [0, 0.05) is 30.4 Å². The second-order valence-corrected chi connectivity index (χ2v) is 7.85. The zero-order chi connectivity index (χ0) is 17.3. The molecule has 0 atom stereocenters. The number of hydrogen-bond acceptors (Lipinski definition) is 5. The van der Waals surface area contributed by atoms with Gasteiger partial charge >= 0.3 is 0 Å². The van der Waals surface area contributed by atoms with Gasteiger partial charge in [0.25, 0.3) is 0 Å². The molecule has 0 spiro atoms. The summed E-state index contributed by atoms with van der Waals surface area (Å²) in [5, 5.41) is 3.42. The van der Waals surface area contributed by atoms with Crippen LogP contribution in [0.15, 0.2) is 24.4 Å². The molecule has 0 aliphatic carbocycles. The molecule has 0 saturated carbocycles. The summed E-state index contributed by atoms with van der Waals surface area (Å²) >= 11 is 5.99. The Labute approximate surface area is 158 Å². The van der Waals surface area contributed by atoms with Crippen LogP contribution in [0, 0.1) is 6.92 Å². The van der Waals surface area contributed by atoms with Gasteiger partial charge in [-0.05, 0) is 36.2 Å². The first kappa shape index (κ1) is 19.8. The lowest BCUT2D eigenvalue weighted by atomic mass is 10.00. The summed E-state index contributed by atoms with van der Waals surface area (Å²) in [5.74, 6) is 0.903. The second-order valence-electron chi connectivity index (χ2n) is 5.74. The number of anilines is 1. The third kappa shape index (κ3) is 4.76. The standard InChI is InChI=1S/C16H18ClN3O3S.ClH/c1-10-5-11(6-13-8-18-3-4-23-15(10)13)12-7-14(16(17)19-9-12)20-24(2,21)22;/h5-7,9,18,20H,3-4,8H2,1-2H3;1H. The van der Waals surface area contributed by atoms with Gasteiger partial charge in [0.05, 0.1) is 11.9 Å². The Morgan fingerprint density at radius 3 is 2.76 bits per heavy atom. The van der Waals surface area contributed by atoms with Gasteiger partial charge in [-0.2, -0.15) is 0 Å². The van der Waals surface area contributed by atoms with Crippen molar-refractivity contribution in [2.24, 2.45) is 0 Å². The van der Waals surface area contributed by atoms with E-state index in [2.05, 4.69) is 15.0 Å². The highest BCUT2D eigenvalue weighted by atomic mass is 35.5. The van der Waals surface area contributed by atoms with Gasteiger partial charge in [-0.15, -0.1) is 12.4 Å². The molecule has 0 unspecified atom stereocenters. The fourth-order valence-corrected chi connectivity index (χ4v) is 3.44. The fraction of sp³-hybridized carbons (Fsp3) is 0.312. The quantitative estimate of drug-likeness (QED) is 0.769. The van der Waals surface area contributed by atoms with Crippen LogP contribution in [0.5, 0.6) is 5.75 Å². The maximum Gasteiger partial charge on any atom is 0.229 e. The number of ether oxygens (including phenoxy) is 1. The predicted molar refractivity (Wildman–Crippen MR) is 102 cm³/mol. The normalized spacial score (nSPS) is 13.9. The first-order valence-electron chi connectivity index (χ1n) is 7.44. The minimum Gasteiger partial charge on any atom is -0.492 e. The average Bonchev–Trinajstić information content (AvgIpc) is 2.74. The van der Waals surface area contributed by atoms with Crippen LogP contribution in [-0.2, 0) is 16.6 Å². The average molecular weight is 404 g/mol. The van der Waals surface area contributed by atoms with E-state index < -0.39 is 10.0 Å². The summed E-state index contributed by atoms with van der Waals surface area (Å²) in [4.78, 5) is 4.09. The molecular formula is C16H19Cl2N3O3S. The number of aromatic nitrogens is 1. The smallest absolute Gasteiger partial charge is 0.229 e. The van der Waals surface area contributed by atoms with E-state index in [1.54, 1.807) is 12.3 Å². The number of aryl methyl sites for hydroxylation is 1. The lowest BCUT2D eigenvalue weighted by Crippen LogP contribution is -2.16. The van der Waals surface area contributed by atoms with Gasteiger partial charge in [0.2, 0.25) is 10.0 Å². The molecule has 6 nitrogen and oxygen atoms in total. The van der Waals surface area contributed by atoms with E-state index in [1.807, 2.05) is 19.1 Å². The van der Waals surface area contributed by atoms with Crippen LogP contribution in [0.2, 0.25) is 5.15 Å². The SMILES string of the molecule is Cc1cc(-c2cnc(Cl)c(NS(C)(=O)=O)c2)cc2c1OCCNC2.Cl. The number of hydrogen-bond donors (Lipinski definition) is 2. The summed E-state index contributed by atoms with van der Waals surface area (Å²) < 4.78 is 31.1. The summed E-state index contributed by atoms with van der Waals surface area (Å²) in [6.45, 7) is 4.15. The molecule has 0 saturated heterocycles. The molecule has 1 aliphatic heterocycles. The molecule has 3 rings (SSSR count). The van der Waals surface area contributed by atoms with E-state index >= 15 is 0 Å². The van der Waals surface area contributed by atoms with Crippen molar-refractivity contribution >= 4 is 39.7 Å². The first-order valence-corrected chi connectivity index (χ1v) is 9.71. The molecular weight excluding hydrogens is 385 g/mol. The third-order valence-electron chi connectivity index (χ3n) is 3.66. The van der Waals surface area contributed by atoms with Crippen molar-refractivity contribution in [3.05, 3.63) is 40.7 Å². The van der Waals surface area contributed by atoms with E-state index in [4.69, 9.17) is 16.3 Å². The summed E-state index contributed by atoms with van der Waals surface area (Å²) in [7, 11) is -3.43. The van der Waals surface area contributed by atoms with Crippen molar-refractivity contribution in [1.29, 1.82) is 0 Å². The molecule has 0 bridgehead atoms. The molecule has 136 valence electrons. The number of sulfonamides is 1. The lowest BCUT2D eigenvalue weighted by molar-refractivity contribution is 0.323. The molecule has 0 amide bonds. The van der Waals surface area contributed by atoms with E-state index in [0.29, 0.717) is 6.61 Å².